The van der Waals surface area contributed by atoms with Gasteiger partial charge in [-0.1, -0.05) is 18.2 Å². The van der Waals surface area contributed by atoms with Crippen LogP contribution in [0.1, 0.15) is 31.2 Å². The molecule has 0 aliphatic rings. The molecule has 1 amide bonds. The van der Waals surface area contributed by atoms with Crippen LogP contribution in [-0.4, -0.2) is 52.3 Å². The number of hydrogen-bond donors (Lipinski definition) is 4. The van der Waals surface area contributed by atoms with Crippen LogP contribution in [0.3, 0.4) is 0 Å². The molecule has 1 rings (SSSR count). The fourth-order valence-corrected chi connectivity index (χ4v) is 2.50. The molecule has 25 heavy (non-hydrogen) atoms. The van der Waals surface area contributed by atoms with Crippen LogP contribution >= 0.6 is 0 Å². The zero-order chi connectivity index (χ0) is 18.2. The van der Waals surface area contributed by atoms with Gasteiger partial charge in [0.2, 0.25) is 5.91 Å². The smallest absolute Gasteiger partial charge is 0.224 e. The number of unbranched alkanes of at least 4 members (excludes halogenated alkanes) is 1. The van der Waals surface area contributed by atoms with Crippen molar-refractivity contribution in [1.29, 1.82) is 0 Å². The van der Waals surface area contributed by atoms with Crippen molar-refractivity contribution < 1.29 is 9.53 Å². The molecule has 142 valence electrons. The molecule has 0 aliphatic heterocycles. The summed E-state index contributed by atoms with van der Waals surface area (Å²) in [7, 11) is 1.62. The number of hydrogen-bond acceptors (Lipinski definition) is 5. The predicted molar refractivity (Wildman–Crippen MR) is 103 cm³/mol. The van der Waals surface area contributed by atoms with E-state index in [1.807, 2.05) is 24.3 Å². The Kier molecular flexibility index (Phi) is 12.6. The van der Waals surface area contributed by atoms with Crippen LogP contribution in [0.2, 0.25) is 0 Å². The van der Waals surface area contributed by atoms with Crippen molar-refractivity contribution in [2.75, 3.05) is 46.4 Å². The summed E-state index contributed by atoms with van der Waals surface area (Å²) in [6, 6.07) is 7.62. The van der Waals surface area contributed by atoms with E-state index in [-0.39, 0.29) is 5.91 Å². The first-order valence-corrected chi connectivity index (χ1v) is 9.28. The number of rotatable bonds is 15. The largest absolute Gasteiger partial charge is 0.496 e. The Morgan fingerprint density at radius 1 is 0.960 bits per heavy atom. The average Bonchev–Trinajstić information content (AvgIpc) is 2.63. The molecule has 0 atom stereocenters. The van der Waals surface area contributed by atoms with Crippen LogP contribution in [0.5, 0.6) is 5.75 Å². The first-order valence-electron chi connectivity index (χ1n) is 9.28. The second-order valence-electron chi connectivity index (χ2n) is 6.04. The van der Waals surface area contributed by atoms with Crippen LogP contribution in [-0.2, 0) is 11.2 Å². The Hall–Kier alpha value is -1.63. The molecule has 0 radical (unpaired) electrons. The van der Waals surface area contributed by atoms with Crippen LogP contribution in [0, 0.1) is 0 Å². The molecule has 0 unspecified atom stereocenters. The maximum Gasteiger partial charge on any atom is 0.224 e. The fourth-order valence-electron chi connectivity index (χ4n) is 2.50. The van der Waals surface area contributed by atoms with Crippen LogP contribution in [0.25, 0.3) is 0 Å². The maximum absolute atomic E-state index is 12.0. The van der Waals surface area contributed by atoms with Crippen molar-refractivity contribution in [3.8, 4) is 5.75 Å². The van der Waals surface area contributed by atoms with Gasteiger partial charge in [0, 0.05) is 12.1 Å². The summed E-state index contributed by atoms with van der Waals surface area (Å²) in [5.41, 5.74) is 6.35. The lowest BCUT2D eigenvalue weighted by Gasteiger charge is -2.09. The first kappa shape index (κ1) is 21.4. The van der Waals surface area contributed by atoms with Crippen molar-refractivity contribution in [2.24, 2.45) is 5.73 Å². The van der Waals surface area contributed by atoms with Gasteiger partial charge in [-0.3, -0.25) is 4.79 Å². The van der Waals surface area contributed by atoms with Crippen molar-refractivity contribution in [2.45, 2.75) is 32.1 Å². The third kappa shape index (κ3) is 10.8. The summed E-state index contributed by atoms with van der Waals surface area (Å²) < 4.78 is 5.26. The molecule has 0 saturated carbocycles. The van der Waals surface area contributed by atoms with E-state index >= 15 is 0 Å². The van der Waals surface area contributed by atoms with Gasteiger partial charge in [0.25, 0.3) is 0 Å². The minimum atomic E-state index is 0.0352. The van der Waals surface area contributed by atoms with Gasteiger partial charge in [-0.15, -0.1) is 0 Å². The van der Waals surface area contributed by atoms with E-state index in [0.717, 1.165) is 63.3 Å². The Morgan fingerprint density at radius 2 is 1.60 bits per heavy atom. The fraction of sp³-hybridized carbons (Fsp3) is 0.632. The van der Waals surface area contributed by atoms with Gasteiger partial charge in [0.05, 0.1) is 13.5 Å². The normalized spacial score (nSPS) is 10.6. The molecular weight excluding hydrogens is 316 g/mol. The number of nitrogens with one attached hydrogen (secondary N) is 3. The van der Waals surface area contributed by atoms with Crippen molar-refractivity contribution in [3.05, 3.63) is 29.8 Å². The SMILES string of the molecule is COc1ccccc1CC(=O)NCCCNCCCCNCCCN. The lowest BCUT2D eigenvalue weighted by Crippen LogP contribution is -2.29. The summed E-state index contributed by atoms with van der Waals surface area (Å²) in [4.78, 5) is 12.0. The van der Waals surface area contributed by atoms with Gasteiger partial charge in [-0.05, 0) is 64.5 Å². The zero-order valence-electron chi connectivity index (χ0n) is 15.5. The van der Waals surface area contributed by atoms with Gasteiger partial charge < -0.3 is 26.4 Å². The topological polar surface area (TPSA) is 88.4 Å². The second kappa shape index (κ2) is 14.7. The highest BCUT2D eigenvalue weighted by molar-refractivity contribution is 5.79. The van der Waals surface area contributed by atoms with Gasteiger partial charge in [0.1, 0.15) is 5.75 Å². The summed E-state index contributed by atoms with van der Waals surface area (Å²) in [5, 5.41) is 9.74. The van der Waals surface area contributed by atoms with E-state index in [0.29, 0.717) is 13.0 Å². The zero-order valence-corrected chi connectivity index (χ0v) is 15.5. The molecule has 0 bridgehead atoms. The van der Waals surface area contributed by atoms with Crippen LogP contribution < -0.4 is 26.4 Å². The van der Waals surface area contributed by atoms with Gasteiger partial charge in [-0.2, -0.15) is 0 Å². The second-order valence-corrected chi connectivity index (χ2v) is 6.04. The van der Waals surface area contributed by atoms with E-state index < -0.39 is 0 Å². The number of methoxy groups -OCH3 is 1. The number of benzene rings is 1. The number of carbonyl (C=O) groups is 1. The highest BCUT2D eigenvalue weighted by Gasteiger charge is 2.07. The quantitative estimate of drug-likeness (QED) is 0.355. The van der Waals surface area contributed by atoms with Gasteiger partial charge in [-0.25, -0.2) is 0 Å². The number of para-hydroxylation sites is 1. The monoisotopic (exact) mass is 350 g/mol. The summed E-state index contributed by atoms with van der Waals surface area (Å²) in [5.74, 6) is 0.796. The number of carbonyl (C=O) groups excluding carboxylic acids is 1. The first-order chi connectivity index (χ1) is 12.3. The molecule has 6 heteroatoms. The summed E-state index contributed by atoms with van der Waals surface area (Å²) >= 11 is 0. The third-order valence-corrected chi connectivity index (χ3v) is 3.91. The lowest BCUT2D eigenvalue weighted by atomic mass is 10.1. The Balaban J connectivity index is 1.95. The molecular formula is C19H34N4O2. The molecule has 0 saturated heterocycles. The van der Waals surface area contributed by atoms with Crippen molar-refractivity contribution >= 4 is 5.91 Å². The molecule has 6 nitrogen and oxygen atoms in total. The molecule has 0 aromatic heterocycles. The highest BCUT2D eigenvalue weighted by Crippen LogP contribution is 2.17. The molecule has 1 aromatic carbocycles. The van der Waals surface area contributed by atoms with E-state index in [4.69, 9.17) is 10.5 Å². The minimum absolute atomic E-state index is 0.0352. The summed E-state index contributed by atoms with van der Waals surface area (Å²) in [6.07, 6.45) is 4.67. The Morgan fingerprint density at radius 3 is 2.28 bits per heavy atom. The Labute approximate surface area is 151 Å². The van der Waals surface area contributed by atoms with Crippen molar-refractivity contribution in [1.82, 2.24) is 16.0 Å². The molecule has 0 fully saturated rings. The van der Waals surface area contributed by atoms with E-state index in [1.54, 1.807) is 7.11 Å². The average molecular weight is 351 g/mol. The molecule has 5 N–H and O–H groups in total. The standard InChI is InChI=1S/C19H34N4O2/c1-25-18-9-3-2-8-17(18)16-19(24)23-15-7-14-22-12-5-4-11-21-13-6-10-20/h2-3,8-9,21-22H,4-7,10-16,20H2,1H3,(H,23,24). The molecule has 0 spiro atoms. The van der Waals surface area contributed by atoms with Gasteiger partial charge in [0.15, 0.2) is 0 Å². The predicted octanol–water partition coefficient (Wildman–Crippen LogP) is 1.05. The van der Waals surface area contributed by atoms with Crippen LogP contribution in [0.15, 0.2) is 24.3 Å². The van der Waals surface area contributed by atoms with E-state index in [9.17, 15) is 4.79 Å². The van der Waals surface area contributed by atoms with Gasteiger partial charge >= 0.3 is 0 Å². The number of amides is 1. The number of nitrogens with two attached hydrogens (primary N) is 1. The van der Waals surface area contributed by atoms with Crippen molar-refractivity contribution in [3.63, 3.8) is 0 Å². The maximum atomic E-state index is 12.0. The van der Waals surface area contributed by atoms with E-state index in [1.165, 1.54) is 6.42 Å². The third-order valence-electron chi connectivity index (χ3n) is 3.91. The highest BCUT2D eigenvalue weighted by atomic mass is 16.5. The van der Waals surface area contributed by atoms with Crippen LogP contribution in [0.4, 0.5) is 0 Å². The van der Waals surface area contributed by atoms with E-state index in [2.05, 4.69) is 16.0 Å². The lowest BCUT2D eigenvalue weighted by molar-refractivity contribution is -0.120. The molecule has 0 heterocycles. The summed E-state index contributed by atoms with van der Waals surface area (Å²) in [6.45, 7) is 5.47. The number of ether oxygens (including phenoxy) is 1. The minimum Gasteiger partial charge on any atom is -0.496 e. The molecule has 0 aliphatic carbocycles. The Bertz CT molecular complexity index is 468. The molecule has 1 aromatic rings.